The molecule has 10 atom stereocenters. The first-order valence-corrected chi connectivity index (χ1v) is 23.6. The number of carbonyl (C=O) groups excluding carboxylic acids is 2. The van der Waals surface area contributed by atoms with Crippen LogP contribution in [0.25, 0.3) is 0 Å². The largest absolute Gasteiger partial charge is 0.463 e. The van der Waals surface area contributed by atoms with Crippen LogP contribution in [0.3, 0.4) is 0 Å². The summed E-state index contributed by atoms with van der Waals surface area (Å²) in [5.74, 6) is -0.289. The van der Waals surface area contributed by atoms with Gasteiger partial charge in [0.1, 0.15) is 0 Å². The SMILES string of the molecule is CC(C)OC(=O)CCC/C=C\C[C@@H]1[C@@H](CC[C@@H](O)CCc2ccccc2)[C@H](O)C[C@@H]1O.CC(C)OC(=O)CCC/C=C\C[C@@H]1[C@@H](CC[C@@H](O)CCc2ccccc2)[C@H](O)C[C@@H]1O. The second kappa shape index (κ2) is 29.9. The zero-order valence-electron chi connectivity index (χ0n) is 38.1. The summed E-state index contributed by atoms with van der Waals surface area (Å²) in [6.07, 6.45) is 17.2. The highest BCUT2D eigenvalue weighted by Gasteiger charge is 2.41. The third-order valence-corrected chi connectivity index (χ3v) is 12.3. The number of aryl methyl sites for hydroxylation is 2. The second-order valence-corrected chi connectivity index (χ2v) is 18.2. The van der Waals surface area contributed by atoms with Crippen molar-refractivity contribution in [2.24, 2.45) is 23.7 Å². The highest BCUT2D eigenvalue weighted by molar-refractivity contribution is 5.69. The first-order valence-electron chi connectivity index (χ1n) is 23.6. The molecule has 0 amide bonds. The van der Waals surface area contributed by atoms with E-state index in [9.17, 15) is 40.2 Å². The molecule has 62 heavy (non-hydrogen) atoms. The molecule has 0 aliphatic heterocycles. The van der Waals surface area contributed by atoms with Gasteiger partial charge in [-0.3, -0.25) is 9.59 Å². The van der Waals surface area contributed by atoms with Gasteiger partial charge < -0.3 is 40.1 Å². The lowest BCUT2D eigenvalue weighted by atomic mass is 9.85. The fraction of sp³-hybridized carbons (Fsp3) is 0.654. The normalized spacial score (nSPS) is 24.7. The summed E-state index contributed by atoms with van der Waals surface area (Å²) in [6.45, 7) is 7.38. The van der Waals surface area contributed by atoms with Gasteiger partial charge in [0.25, 0.3) is 0 Å². The van der Waals surface area contributed by atoms with Crippen molar-refractivity contribution in [1.82, 2.24) is 0 Å². The van der Waals surface area contributed by atoms with E-state index in [-0.39, 0.29) is 47.8 Å². The minimum Gasteiger partial charge on any atom is -0.463 e. The van der Waals surface area contributed by atoms with Crippen molar-refractivity contribution in [1.29, 1.82) is 0 Å². The maximum Gasteiger partial charge on any atom is 0.306 e. The van der Waals surface area contributed by atoms with Gasteiger partial charge in [0.2, 0.25) is 0 Å². The molecule has 0 radical (unpaired) electrons. The summed E-state index contributed by atoms with van der Waals surface area (Å²) in [7, 11) is 0. The van der Waals surface area contributed by atoms with Gasteiger partial charge in [-0.2, -0.15) is 0 Å². The lowest BCUT2D eigenvalue weighted by Crippen LogP contribution is -2.23. The van der Waals surface area contributed by atoms with Gasteiger partial charge in [-0.15, -0.1) is 0 Å². The topological polar surface area (TPSA) is 174 Å². The van der Waals surface area contributed by atoms with Crippen LogP contribution in [0.15, 0.2) is 85.0 Å². The van der Waals surface area contributed by atoms with E-state index < -0.39 is 36.6 Å². The Morgan fingerprint density at radius 2 is 0.903 bits per heavy atom. The quantitative estimate of drug-likeness (QED) is 0.0307. The highest BCUT2D eigenvalue weighted by atomic mass is 16.5. The molecule has 2 aromatic carbocycles. The molecule has 4 rings (SSSR count). The Kier molecular flexibility index (Phi) is 25.5. The van der Waals surface area contributed by atoms with Crippen LogP contribution in [-0.4, -0.2) is 91.4 Å². The summed E-state index contributed by atoms with van der Waals surface area (Å²) < 4.78 is 10.2. The molecule has 2 fully saturated rings. The van der Waals surface area contributed by atoms with Crippen LogP contribution in [0.2, 0.25) is 0 Å². The van der Waals surface area contributed by atoms with Crippen molar-refractivity contribution in [3.8, 4) is 0 Å². The van der Waals surface area contributed by atoms with Crippen LogP contribution in [0.1, 0.15) is 142 Å². The van der Waals surface area contributed by atoms with Crippen LogP contribution >= 0.6 is 0 Å². The molecule has 0 spiro atoms. The molecule has 0 bridgehead atoms. The van der Waals surface area contributed by atoms with Crippen molar-refractivity contribution in [2.75, 3.05) is 0 Å². The third kappa shape index (κ3) is 21.3. The summed E-state index contributed by atoms with van der Waals surface area (Å²) in [5, 5.41) is 62.4. The summed E-state index contributed by atoms with van der Waals surface area (Å²) in [5.41, 5.74) is 2.44. The molecular weight excluding hydrogens is 785 g/mol. The second-order valence-electron chi connectivity index (χ2n) is 18.2. The average Bonchev–Trinajstić information content (AvgIpc) is 3.66. The average molecular weight is 865 g/mol. The zero-order valence-corrected chi connectivity index (χ0v) is 38.1. The number of aliphatic hydroxyl groups excluding tert-OH is 6. The molecule has 10 heteroatoms. The third-order valence-electron chi connectivity index (χ3n) is 12.3. The van der Waals surface area contributed by atoms with Gasteiger partial charge in [-0.25, -0.2) is 0 Å². The number of allylic oxidation sites excluding steroid dienone is 4. The van der Waals surface area contributed by atoms with E-state index in [1.165, 1.54) is 11.1 Å². The summed E-state index contributed by atoms with van der Waals surface area (Å²) >= 11 is 0. The first kappa shape index (κ1) is 53.0. The van der Waals surface area contributed by atoms with Crippen LogP contribution in [-0.2, 0) is 31.9 Å². The predicted octanol–water partition coefficient (Wildman–Crippen LogP) is 8.37. The van der Waals surface area contributed by atoms with Gasteiger partial charge >= 0.3 is 11.9 Å². The lowest BCUT2D eigenvalue weighted by Gasteiger charge is -2.23. The molecule has 0 aromatic heterocycles. The Labute approximate surface area is 372 Å². The maximum atomic E-state index is 11.5. The van der Waals surface area contributed by atoms with Gasteiger partial charge in [-0.05, 0) is 165 Å². The van der Waals surface area contributed by atoms with Crippen LogP contribution < -0.4 is 0 Å². The van der Waals surface area contributed by atoms with Crippen molar-refractivity contribution >= 4 is 11.9 Å². The Bertz CT molecular complexity index is 1430. The fourth-order valence-electron chi connectivity index (χ4n) is 8.94. The first-order chi connectivity index (χ1) is 29.7. The standard InChI is InChI=1S/2C26H40O5/c2*1-19(2)31-26(30)13-9-4-3-8-12-22-23(25(29)18-24(22)28)17-16-21(27)15-14-20-10-6-5-7-11-20/h2*3,5-8,10-11,19,21-25,27-29H,4,9,12-18H2,1-2H3/b2*8-3-/t2*21-,22+,23+,24-,25+/m00/s1. The molecule has 0 heterocycles. The van der Waals surface area contributed by atoms with E-state index in [2.05, 4.69) is 36.4 Å². The number of hydrogen-bond donors (Lipinski definition) is 6. The number of unbranched alkanes of at least 4 members (excludes halogenated alkanes) is 2. The number of aliphatic hydroxyl groups is 6. The van der Waals surface area contributed by atoms with Crippen LogP contribution in [0.4, 0.5) is 0 Å². The molecule has 2 aromatic rings. The van der Waals surface area contributed by atoms with E-state index in [4.69, 9.17) is 9.47 Å². The van der Waals surface area contributed by atoms with Crippen LogP contribution in [0.5, 0.6) is 0 Å². The predicted molar refractivity (Wildman–Crippen MR) is 245 cm³/mol. The van der Waals surface area contributed by atoms with E-state index >= 15 is 0 Å². The van der Waals surface area contributed by atoms with Gasteiger partial charge in [0.15, 0.2) is 0 Å². The monoisotopic (exact) mass is 865 g/mol. The van der Waals surface area contributed by atoms with Crippen molar-refractivity contribution in [3.63, 3.8) is 0 Å². The molecular formula is C52H80O10. The van der Waals surface area contributed by atoms with E-state index in [1.807, 2.05) is 76.2 Å². The van der Waals surface area contributed by atoms with Crippen molar-refractivity contribution in [2.45, 2.75) is 192 Å². The molecule has 2 aliphatic rings. The number of benzene rings is 2. The molecule has 348 valence electrons. The van der Waals surface area contributed by atoms with Crippen molar-refractivity contribution < 1.29 is 49.7 Å². The molecule has 0 unspecified atom stereocenters. The molecule has 2 saturated carbocycles. The lowest BCUT2D eigenvalue weighted by molar-refractivity contribution is -0.148. The molecule has 0 saturated heterocycles. The minimum atomic E-state index is -0.513. The molecule has 10 nitrogen and oxygen atoms in total. The number of rotatable bonds is 26. The highest BCUT2D eigenvalue weighted by Crippen LogP contribution is 2.40. The Morgan fingerprint density at radius 1 is 0.548 bits per heavy atom. The Morgan fingerprint density at radius 3 is 1.26 bits per heavy atom. The molecule has 6 N–H and O–H groups in total. The van der Waals surface area contributed by atoms with E-state index in [0.717, 1.165) is 38.5 Å². The number of ether oxygens (including phenoxy) is 2. The van der Waals surface area contributed by atoms with E-state index in [1.54, 1.807) is 0 Å². The maximum absolute atomic E-state index is 11.5. The number of esters is 2. The van der Waals surface area contributed by atoms with Gasteiger partial charge in [0, 0.05) is 12.8 Å². The van der Waals surface area contributed by atoms with E-state index in [0.29, 0.717) is 77.0 Å². The number of hydrogen-bond acceptors (Lipinski definition) is 10. The van der Waals surface area contributed by atoms with Crippen LogP contribution in [0, 0.1) is 23.7 Å². The zero-order chi connectivity index (χ0) is 45.3. The minimum absolute atomic E-state index is 0.00652. The summed E-state index contributed by atoms with van der Waals surface area (Å²) in [4.78, 5) is 23.1. The Hall–Kier alpha value is -3.38. The number of carbonyl (C=O) groups is 2. The fourth-order valence-corrected chi connectivity index (χ4v) is 8.94. The van der Waals surface area contributed by atoms with Crippen molar-refractivity contribution in [3.05, 3.63) is 96.1 Å². The smallest absolute Gasteiger partial charge is 0.306 e. The van der Waals surface area contributed by atoms with Gasteiger partial charge in [0.05, 0.1) is 48.8 Å². The Balaban J connectivity index is 0.000000330. The van der Waals surface area contributed by atoms with Gasteiger partial charge in [-0.1, -0.05) is 85.0 Å². The molecule has 2 aliphatic carbocycles. The summed E-state index contributed by atoms with van der Waals surface area (Å²) in [6, 6.07) is 20.3.